The normalized spacial score (nSPS) is 19.5. The van der Waals surface area contributed by atoms with E-state index in [9.17, 15) is 45.6 Å². The molecule has 0 saturated carbocycles. The monoisotopic (exact) mass is 535 g/mol. The fourth-order valence-electron chi connectivity index (χ4n) is 4.49. The predicted molar refractivity (Wildman–Crippen MR) is 119 cm³/mol. The lowest BCUT2D eigenvalue weighted by Crippen LogP contribution is -2.49. The molecule has 0 aliphatic carbocycles. The maximum Gasteiger partial charge on any atom is 0.416 e. The second-order valence-corrected chi connectivity index (χ2v) is 9.08. The molecule has 2 aromatic carbocycles. The number of nitrogens with zero attached hydrogens (tertiary/aromatic N) is 3. The van der Waals surface area contributed by atoms with Gasteiger partial charge >= 0.3 is 18.4 Å². The maximum absolute atomic E-state index is 13.7. The number of halogens is 7. The SMILES string of the molecule is Cc1cc(F)ccc1C1CC([N+](=O)[O-])CCN1C(=O)N(C)[C@H](C)c1cc(C(F)(F)F)cc(C(F)(F)F)c1. The van der Waals surface area contributed by atoms with Crippen LogP contribution in [0.15, 0.2) is 36.4 Å². The van der Waals surface area contributed by atoms with Crippen molar-refractivity contribution in [2.75, 3.05) is 13.6 Å². The molecule has 37 heavy (non-hydrogen) atoms. The average molecular weight is 535 g/mol. The highest BCUT2D eigenvalue weighted by Gasteiger charge is 2.41. The molecule has 1 heterocycles. The molecule has 0 aromatic heterocycles. The number of aryl methyl sites for hydroxylation is 1. The molecule has 2 aromatic rings. The quantitative estimate of drug-likeness (QED) is 0.247. The summed E-state index contributed by atoms with van der Waals surface area (Å²) < 4.78 is 93.6. The lowest BCUT2D eigenvalue weighted by atomic mass is 9.89. The number of rotatable bonds is 4. The molecular formula is C24H24F7N3O3. The Morgan fingerprint density at radius 3 is 2.14 bits per heavy atom. The first-order valence-corrected chi connectivity index (χ1v) is 11.2. The first-order valence-electron chi connectivity index (χ1n) is 11.2. The van der Waals surface area contributed by atoms with Crippen molar-refractivity contribution in [1.82, 2.24) is 9.80 Å². The molecule has 0 radical (unpaired) electrons. The minimum Gasteiger partial charge on any atom is -0.321 e. The van der Waals surface area contributed by atoms with Crippen molar-refractivity contribution in [1.29, 1.82) is 0 Å². The van der Waals surface area contributed by atoms with Crippen LogP contribution in [-0.4, -0.2) is 40.4 Å². The van der Waals surface area contributed by atoms with Gasteiger partial charge in [0.1, 0.15) is 5.82 Å². The molecule has 2 amide bonds. The van der Waals surface area contributed by atoms with Gasteiger partial charge in [-0.1, -0.05) is 6.07 Å². The lowest BCUT2D eigenvalue weighted by Gasteiger charge is -2.41. The van der Waals surface area contributed by atoms with E-state index in [1.165, 1.54) is 31.0 Å². The van der Waals surface area contributed by atoms with Crippen molar-refractivity contribution in [3.63, 3.8) is 0 Å². The second-order valence-electron chi connectivity index (χ2n) is 9.08. The minimum atomic E-state index is -5.05. The van der Waals surface area contributed by atoms with E-state index in [1.807, 2.05) is 0 Å². The zero-order valence-corrected chi connectivity index (χ0v) is 20.0. The number of alkyl halides is 6. The second kappa shape index (κ2) is 10.2. The summed E-state index contributed by atoms with van der Waals surface area (Å²) >= 11 is 0. The van der Waals surface area contributed by atoms with Gasteiger partial charge in [-0.3, -0.25) is 10.1 Å². The van der Waals surface area contributed by atoms with Gasteiger partial charge < -0.3 is 9.80 Å². The lowest BCUT2D eigenvalue weighted by molar-refractivity contribution is -0.528. The fourth-order valence-corrected chi connectivity index (χ4v) is 4.49. The number of likely N-dealkylation sites (tertiary alicyclic amines) is 1. The van der Waals surface area contributed by atoms with E-state index in [-0.39, 0.29) is 31.0 Å². The fraction of sp³-hybridized carbons (Fsp3) is 0.458. The van der Waals surface area contributed by atoms with Gasteiger partial charge in [-0.15, -0.1) is 0 Å². The van der Waals surface area contributed by atoms with Crippen molar-refractivity contribution in [3.8, 4) is 0 Å². The van der Waals surface area contributed by atoms with E-state index in [2.05, 4.69) is 0 Å². The smallest absolute Gasteiger partial charge is 0.321 e. The van der Waals surface area contributed by atoms with Gasteiger partial charge in [-0.05, 0) is 60.9 Å². The zero-order valence-electron chi connectivity index (χ0n) is 20.0. The van der Waals surface area contributed by atoms with Crippen LogP contribution in [0.5, 0.6) is 0 Å². The largest absolute Gasteiger partial charge is 0.416 e. The van der Waals surface area contributed by atoms with Crippen molar-refractivity contribution in [2.24, 2.45) is 0 Å². The van der Waals surface area contributed by atoms with Crippen LogP contribution in [0, 0.1) is 22.9 Å². The molecule has 2 unspecified atom stereocenters. The van der Waals surface area contributed by atoms with Gasteiger partial charge in [0.2, 0.25) is 6.04 Å². The van der Waals surface area contributed by atoms with Gasteiger partial charge in [0.25, 0.3) is 0 Å². The summed E-state index contributed by atoms with van der Waals surface area (Å²) in [5.74, 6) is -0.545. The van der Waals surface area contributed by atoms with Crippen LogP contribution in [0.4, 0.5) is 35.5 Å². The highest BCUT2D eigenvalue weighted by atomic mass is 19.4. The third kappa shape index (κ3) is 6.13. The van der Waals surface area contributed by atoms with Crippen LogP contribution in [0.2, 0.25) is 0 Å². The molecule has 3 rings (SSSR count). The zero-order chi connectivity index (χ0) is 27.9. The van der Waals surface area contributed by atoms with Crippen LogP contribution in [-0.2, 0) is 12.4 Å². The van der Waals surface area contributed by atoms with Crippen molar-refractivity contribution < 1.29 is 40.5 Å². The first-order chi connectivity index (χ1) is 17.0. The third-order valence-electron chi connectivity index (χ3n) is 6.68. The maximum atomic E-state index is 13.7. The summed E-state index contributed by atoms with van der Waals surface area (Å²) in [6, 6.07) is 1.10. The Hall–Kier alpha value is -3.38. The Labute approximate surface area is 207 Å². The van der Waals surface area contributed by atoms with E-state index < -0.39 is 58.4 Å². The van der Waals surface area contributed by atoms with Gasteiger partial charge in [0.15, 0.2) is 0 Å². The number of nitro groups is 1. The van der Waals surface area contributed by atoms with E-state index in [4.69, 9.17) is 0 Å². The molecule has 0 bridgehead atoms. The van der Waals surface area contributed by atoms with Crippen molar-refractivity contribution in [3.05, 3.63) is 80.1 Å². The number of amides is 2. The Morgan fingerprint density at radius 1 is 1.08 bits per heavy atom. The number of urea groups is 1. The topological polar surface area (TPSA) is 66.7 Å². The molecule has 0 N–H and O–H groups in total. The molecular weight excluding hydrogens is 511 g/mol. The number of hydrogen-bond donors (Lipinski definition) is 0. The Morgan fingerprint density at radius 2 is 1.65 bits per heavy atom. The number of piperidine rings is 1. The Kier molecular flexibility index (Phi) is 7.75. The molecule has 1 aliphatic heterocycles. The molecule has 13 heteroatoms. The van der Waals surface area contributed by atoms with E-state index >= 15 is 0 Å². The van der Waals surface area contributed by atoms with E-state index in [0.717, 1.165) is 11.0 Å². The first kappa shape index (κ1) is 28.2. The van der Waals surface area contributed by atoms with Gasteiger partial charge in [0, 0.05) is 31.4 Å². The molecule has 1 saturated heterocycles. The average Bonchev–Trinajstić information content (AvgIpc) is 2.81. The van der Waals surface area contributed by atoms with Crippen molar-refractivity contribution in [2.45, 2.75) is 57.2 Å². The molecule has 3 atom stereocenters. The van der Waals surface area contributed by atoms with Gasteiger partial charge in [-0.25, -0.2) is 9.18 Å². The minimum absolute atomic E-state index is 0.000512. The van der Waals surface area contributed by atoms with Crippen molar-refractivity contribution >= 4 is 6.03 Å². The van der Waals surface area contributed by atoms with Crippen LogP contribution in [0.1, 0.15) is 59.7 Å². The predicted octanol–water partition coefficient (Wildman–Crippen LogP) is 6.77. The number of benzene rings is 2. The van der Waals surface area contributed by atoms with Crippen LogP contribution < -0.4 is 0 Å². The highest BCUT2D eigenvalue weighted by molar-refractivity contribution is 5.75. The summed E-state index contributed by atoms with van der Waals surface area (Å²) in [6.07, 6.45) is -10.2. The number of hydrogen-bond acceptors (Lipinski definition) is 3. The number of carbonyl (C=O) groups excluding carboxylic acids is 1. The summed E-state index contributed by atoms with van der Waals surface area (Å²) in [4.78, 5) is 26.7. The third-order valence-corrected chi connectivity index (χ3v) is 6.68. The summed E-state index contributed by atoms with van der Waals surface area (Å²) in [7, 11) is 1.23. The molecule has 1 aliphatic rings. The van der Waals surface area contributed by atoms with E-state index in [1.54, 1.807) is 6.92 Å². The molecule has 1 fully saturated rings. The highest BCUT2D eigenvalue weighted by Crippen LogP contribution is 2.39. The molecule has 0 spiro atoms. The Bertz CT molecular complexity index is 1150. The standard InChI is InChI=1S/C24H24F7N3O3/c1-13-8-18(25)4-5-20(13)21-12-19(34(36)37)6-7-33(21)22(35)32(3)14(2)15-9-16(23(26,27)28)11-17(10-15)24(29,30)31/h4-5,8-11,14,19,21H,6-7,12H2,1-3H3/t14-,19?,21?/m1/s1. The van der Waals surface area contributed by atoms with Crippen LogP contribution >= 0.6 is 0 Å². The number of carbonyl (C=O) groups is 1. The van der Waals surface area contributed by atoms with E-state index in [0.29, 0.717) is 23.3 Å². The Balaban J connectivity index is 1.98. The van der Waals surface area contributed by atoms with Crippen LogP contribution in [0.25, 0.3) is 0 Å². The molecule has 202 valence electrons. The summed E-state index contributed by atoms with van der Waals surface area (Å²) in [5.41, 5.74) is -2.49. The van der Waals surface area contributed by atoms with Gasteiger partial charge in [0.05, 0.1) is 23.2 Å². The molecule has 6 nitrogen and oxygen atoms in total. The van der Waals surface area contributed by atoms with Gasteiger partial charge in [-0.2, -0.15) is 26.3 Å². The van der Waals surface area contributed by atoms with Crippen LogP contribution in [0.3, 0.4) is 0 Å². The summed E-state index contributed by atoms with van der Waals surface area (Å²) in [5, 5.41) is 11.4. The summed E-state index contributed by atoms with van der Waals surface area (Å²) in [6.45, 7) is 2.78.